The van der Waals surface area contributed by atoms with Crippen molar-refractivity contribution in [2.24, 2.45) is 0 Å². The number of hydrogen-bond donors (Lipinski definition) is 1. The van der Waals surface area contributed by atoms with Crippen LogP contribution in [0.3, 0.4) is 0 Å². The van der Waals surface area contributed by atoms with Gasteiger partial charge in [-0.2, -0.15) is 0 Å². The predicted molar refractivity (Wildman–Crippen MR) is 101 cm³/mol. The van der Waals surface area contributed by atoms with Gasteiger partial charge < -0.3 is 14.6 Å². The third-order valence-electron chi connectivity index (χ3n) is 5.35. The lowest BCUT2D eigenvalue weighted by Gasteiger charge is -2.44. The van der Waals surface area contributed by atoms with E-state index in [2.05, 4.69) is 35.8 Å². The molecule has 5 heteroatoms. The van der Waals surface area contributed by atoms with Crippen LogP contribution in [0.5, 0.6) is 11.5 Å². The molecular formula is C20H34N2O3. The van der Waals surface area contributed by atoms with Gasteiger partial charge in [-0.1, -0.05) is 13.8 Å². The normalized spacial score (nSPS) is 19.4. The first kappa shape index (κ1) is 20.0. The van der Waals surface area contributed by atoms with E-state index in [1.54, 1.807) is 14.2 Å². The maximum absolute atomic E-state index is 9.52. The number of piperazine rings is 1. The minimum absolute atomic E-state index is 0.235. The van der Waals surface area contributed by atoms with E-state index in [0.29, 0.717) is 12.1 Å². The summed E-state index contributed by atoms with van der Waals surface area (Å²) >= 11 is 0. The van der Waals surface area contributed by atoms with Gasteiger partial charge in [0, 0.05) is 50.9 Å². The van der Waals surface area contributed by atoms with Crippen molar-refractivity contribution < 1.29 is 14.6 Å². The molecule has 25 heavy (non-hydrogen) atoms. The minimum Gasteiger partial charge on any atom is -0.497 e. The van der Waals surface area contributed by atoms with Crippen LogP contribution in [0.2, 0.25) is 0 Å². The van der Waals surface area contributed by atoms with Gasteiger partial charge in [-0.3, -0.25) is 9.80 Å². The zero-order chi connectivity index (χ0) is 18.2. The highest BCUT2D eigenvalue weighted by Crippen LogP contribution is 2.26. The van der Waals surface area contributed by atoms with Crippen molar-refractivity contribution in [1.29, 1.82) is 0 Å². The topological polar surface area (TPSA) is 45.2 Å². The molecular weight excluding hydrogens is 316 g/mol. The molecule has 1 heterocycles. The Morgan fingerprint density at radius 2 is 1.72 bits per heavy atom. The van der Waals surface area contributed by atoms with Gasteiger partial charge in [0.2, 0.25) is 0 Å². The van der Waals surface area contributed by atoms with Gasteiger partial charge in [-0.05, 0) is 37.0 Å². The van der Waals surface area contributed by atoms with Crippen LogP contribution in [0.1, 0.15) is 38.7 Å². The third-order valence-corrected chi connectivity index (χ3v) is 5.35. The highest BCUT2D eigenvalue weighted by atomic mass is 16.5. The van der Waals surface area contributed by atoms with Crippen molar-refractivity contribution >= 4 is 0 Å². The van der Waals surface area contributed by atoms with Crippen LogP contribution in [0, 0.1) is 0 Å². The Morgan fingerprint density at radius 1 is 1.08 bits per heavy atom. The third kappa shape index (κ3) is 5.33. The SMILES string of the molecule is CCC(CC)N1CCN(Cc2cc(OC)cc(OC)c2)C(CCO)C1. The van der Waals surface area contributed by atoms with Crippen LogP contribution < -0.4 is 9.47 Å². The summed E-state index contributed by atoms with van der Waals surface area (Å²) in [5.74, 6) is 1.65. The molecule has 0 saturated carbocycles. The van der Waals surface area contributed by atoms with Gasteiger partial charge in [0.1, 0.15) is 11.5 Å². The lowest BCUT2D eigenvalue weighted by atomic mass is 10.0. The van der Waals surface area contributed by atoms with Gasteiger partial charge in [-0.25, -0.2) is 0 Å². The minimum atomic E-state index is 0.235. The molecule has 2 rings (SSSR count). The Morgan fingerprint density at radius 3 is 2.24 bits per heavy atom. The van der Waals surface area contributed by atoms with E-state index in [-0.39, 0.29) is 6.61 Å². The van der Waals surface area contributed by atoms with Gasteiger partial charge in [0.15, 0.2) is 0 Å². The largest absolute Gasteiger partial charge is 0.497 e. The molecule has 0 amide bonds. The summed E-state index contributed by atoms with van der Waals surface area (Å²) in [6.07, 6.45) is 3.20. The van der Waals surface area contributed by atoms with Crippen molar-refractivity contribution in [2.45, 2.75) is 51.7 Å². The summed E-state index contributed by atoms with van der Waals surface area (Å²) in [4.78, 5) is 5.09. The average molecular weight is 351 g/mol. The lowest BCUT2D eigenvalue weighted by molar-refractivity contribution is 0.0293. The molecule has 1 fully saturated rings. The highest BCUT2D eigenvalue weighted by Gasteiger charge is 2.29. The zero-order valence-electron chi connectivity index (χ0n) is 16.2. The number of aliphatic hydroxyl groups is 1. The number of hydrogen-bond acceptors (Lipinski definition) is 5. The smallest absolute Gasteiger partial charge is 0.122 e. The van der Waals surface area contributed by atoms with Crippen LogP contribution >= 0.6 is 0 Å². The molecule has 0 spiro atoms. The molecule has 1 aliphatic rings. The van der Waals surface area contributed by atoms with E-state index in [0.717, 1.165) is 44.1 Å². The number of nitrogens with zero attached hydrogens (tertiary/aromatic N) is 2. The molecule has 1 saturated heterocycles. The Bertz CT molecular complexity index is 497. The van der Waals surface area contributed by atoms with E-state index in [1.807, 2.05) is 6.07 Å². The lowest BCUT2D eigenvalue weighted by Crippen LogP contribution is -2.55. The Kier molecular flexibility index (Phi) is 8.00. The highest BCUT2D eigenvalue weighted by molar-refractivity contribution is 5.38. The quantitative estimate of drug-likeness (QED) is 0.742. The number of benzene rings is 1. The molecule has 142 valence electrons. The molecule has 0 aromatic heterocycles. The predicted octanol–water partition coefficient (Wildman–Crippen LogP) is 2.76. The maximum Gasteiger partial charge on any atom is 0.122 e. The summed E-state index contributed by atoms with van der Waals surface area (Å²) < 4.78 is 10.8. The van der Waals surface area contributed by atoms with Crippen molar-refractivity contribution in [3.63, 3.8) is 0 Å². The molecule has 1 unspecified atom stereocenters. The molecule has 0 aliphatic carbocycles. The average Bonchev–Trinajstić information content (AvgIpc) is 2.64. The van der Waals surface area contributed by atoms with Crippen molar-refractivity contribution in [3.8, 4) is 11.5 Å². The van der Waals surface area contributed by atoms with Crippen LogP contribution in [-0.2, 0) is 6.54 Å². The second-order valence-electron chi connectivity index (χ2n) is 6.82. The van der Waals surface area contributed by atoms with Crippen molar-refractivity contribution in [2.75, 3.05) is 40.5 Å². The fourth-order valence-corrected chi connectivity index (χ4v) is 3.88. The molecule has 1 aromatic carbocycles. The second kappa shape index (κ2) is 10.00. The van der Waals surface area contributed by atoms with Crippen molar-refractivity contribution in [1.82, 2.24) is 9.80 Å². The van der Waals surface area contributed by atoms with Crippen LogP contribution in [0.15, 0.2) is 18.2 Å². The molecule has 1 N–H and O–H groups in total. The number of aliphatic hydroxyl groups excluding tert-OH is 1. The molecule has 1 atom stereocenters. The van der Waals surface area contributed by atoms with Crippen molar-refractivity contribution in [3.05, 3.63) is 23.8 Å². The Balaban J connectivity index is 2.10. The molecule has 0 bridgehead atoms. The summed E-state index contributed by atoms with van der Waals surface area (Å²) in [5.41, 5.74) is 1.19. The first-order valence-corrected chi connectivity index (χ1v) is 9.46. The standard InChI is InChI=1S/C20H34N2O3/c1-5-17(6-2)22-9-8-21(18(15-22)7-10-23)14-16-11-19(24-3)13-20(12-16)25-4/h11-13,17-18,23H,5-10,14-15H2,1-4H3. The van der Waals surface area contributed by atoms with Gasteiger partial charge in [0.25, 0.3) is 0 Å². The number of methoxy groups -OCH3 is 2. The maximum atomic E-state index is 9.52. The van der Waals surface area contributed by atoms with E-state index in [9.17, 15) is 5.11 Å². The first-order valence-electron chi connectivity index (χ1n) is 9.46. The summed E-state index contributed by atoms with van der Waals surface area (Å²) in [5, 5.41) is 9.52. The Hall–Kier alpha value is -1.30. The second-order valence-corrected chi connectivity index (χ2v) is 6.82. The fourth-order valence-electron chi connectivity index (χ4n) is 3.88. The number of ether oxygens (including phenoxy) is 2. The van der Waals surface area contributed by atoms with Crippen LogP contribution in [0.25, 0.3) is 0 Å². The monoisotopic (exact) mass is 350 g/mol. The summed E-state index contributed by atoms with van der Waals surface area (Å²) in [7, 11) is 3.36. The Labute approximate surface area is 152 Å². The van der Waals surface area contributed by atoms with E-state index in [4.69, 9.17) is 9.47 Å². The molecule has 1 aliphatic heterocycles. The molecule has 5 nitrogen and oxygen atoms in total. The van der Waals surface area contributed by atoms with Gasteiger partial charge in [0.05, 0.1) is 14.2 Å². The van der Waals surface area contributed by atoms with E-state index < -0.39 is 0 Å². The first-order chi connectivity index (χ1) is 12.1. The van der Waals surface area contributed by atoms with Crippen LogP contribution in [0.4, 0.5) is 0 Å². The van der Waals surface area contributed by atoms with Crippen LogP contribution in [-0.4, -0.2) is 67.5 Å². The molecule has 0 radical (unpaired) electrons. The van der Waals surface area contributed by atoms with Gasteiger partial charge in [-0.15, -0.1) is 0 Å². The fraction of sp³-hybridized carbons (Fsp3) is 0.700. The summed E-state index contributed by atoms with van der Waals surface area (Å²) in [6, 6.07) is 7.09. The van der Waals surface area contributed by atoms with E-state index in [1.165, 1.54) is 18.4 Å². The molecule has 1 aromatic rings. The zero-order valence-corrected chi connectivity index (χ0v) is 16.2. The summed E-state index contributed by atoms with van der Waals surface area (Å²) in [6.45, 7) is 8.78. The van der Waals surface area contributed by atoms with Gasteiger partial charge >= 0.3 is 0 Å². The van der Waals surface area contributed by atoms with E-state index >= 15 is 0 Å². The number of rotatable bonds is 9.